The van der Waals surface area contributed by atoms with Crippen molar-refractivity contribution in [3.8, 4) is 11.3 Å². The minimum absolute atomic E-state index is 0.0684. The van der Waals surface area contributed by atoms with E-state index in [-0.39, 0.29) is 5.91 Å². The van der Waals surface area contributed by atoms with Gasteiger partial charge in [0.2, 0.25) is 5.13 Å². The predicted molar refractivity (Wildman–Crippen MR) is 119 cm³/mol. The Morgan fingerprint density at radius 2 is 2.04 bits per heavy atom. The fourth-order valence-corrected chi connectivity index (χ4v) is 4.68. The van der Waals surface area contributed by atoms with Gasteiger partial charge in [-0.1, -0.05) is 28.1 Å². The summed E-state index contributed by atoms with van der Waals surface area (Å²) in [6.07, 6.45) is 1.77. The first-order chi connectivity index (χ1) is 13.5. The molecule has 1 aliphatic rings. The van der Waals surface area contributed by atoms with E-state index in [1.807, 2.05) is 55.6 Å². The number of benzene rings is 1. The van der Waals surface area contributed by atoms with Crippen molar-refractivity contribution in [2.75, 3.05) is 6.54 Å². The van der Waals surface area contributed by atoms with Crippen LogP contribution in [0.15, 0.2) is 60.6 Å². The summed E-state index contributed by atoms with van der Waals surface area (Å²) in [6, 6.07) is 11.7. The molecule has 1 saturated heterocycles. The number of hydrogen-bond acceptors (Lipinski definition) is 6. The predicted octanol–water partition coefficient (Wildman–Crippen LogP) is 6.10. The molecule has 8 heteroatoms. The Hall–Kier alpha value is -2.16. The van der Waals surface area contributed by atoms with Gasteiger partial charge >= 0.3 is 0 Å². The molecule has 2 aromatic heterocycles. The number of thioether (sulfide) groups is 1. The van der Waals surface area contributed by atoms with Crippen LogP contribution in [0, 0.1) is 6.92 Å². The molecule has 0 radical (unpaired) electrons. The first-order valence-corrected chi connectivity index (χ1v) is 11.1. The van der Waals surface area contributed by atoms with E-state index in [1.165, 1.54) is 23.1 Å². The summed E-state index contributed by atoms with van der Waals surface area (Å²) in [4.78, 5) is 23.9. The Morgan fingerprint density at radius 3 is 2.71 bits per heavy atom. The Balaban J connectivity index is 1.60. The molecule has 1 amide bonds. The van der Waals surface area contributed by atoms with Gasteiger partial charge in [0.15, 0.2) is 5.17 Å². The van der Waals surface area contributed by atoms with E-state index in [9.17, 15) is 4.79 Å². The fraction of sp³-hybridized carbons (Fsp3) is 0.150. The minimum Gasteiger partial charge on any atom is -0.457 e. The molecule has 3 aromatic rings. The molecule has 0 atom stereocenters. The zero-order valence-electron chi connectivity index (χ0n) is 15.2. The summed E-state index contributed by atoms with van der Waals surface area (Å²) >= 11 is 6.24. The van der Waals surface area contributed by atoms with Crippen LogP contribution in [-0.4, -0.2) is 27.5 Å². The van der Waals surface area contributed by atoms with Gasteiger partial charge in [0.05, 0.1) is 10.6 Å². The van der Waals surface area contributed by atoms with E-state index in [0.29, 0.717) is 27.5 Å². The Kier molecular flexibility index (Phi) is 5.52. The van der Waals surface area contributed by atoms with Crippen LogP contribution in [0.4, 0.5) is 5.13 Å². The second kappa shape index (κ2) is 8.06. The number of likely N-dealkylation sites (N-methyl/N-ethyl adjacent to an activating group) is 1. The van der Waals surface area contributed by atoms with E-state index in [2.05, 4.69) is 25.9 Å². The Bertz CT molecular complexity index is 1080. The molecule has 1 fully saturated rings. The molecule has 0 bridgehead atoms. The molecule has 4 rings (SSSR count). The smallest absolute Gasteiger partial charge is 0.266 e. The van der Waals surface area contributed by atoms with Gasteiger partial charge in [-0.3, -0.25) is 9.69 Å². The first-order valence-electron chi connectivity index (χ1n) is 8.61. The molecular weight excluding hydrogens is 458 g/mol. The van der Waals surface area contributed by atoms with Crippen LogP contribution in [0.25, 0.3) is 17.4 Å². The van der Waals surface area contributed by atoms with Gasteiger partial charge in [0, 0.05) is 28.0 Å². The Morgan fingerprint density at radius 1 is 1.25 bits per heavy atom. The molecule has 1 aliphatic heterocycles. The topological polar surface area (TPSA) is 58.7 Å². The van der Waals surface area contributed by atoms with Crippen molar-refractivity contribution in [3.63, 3.8) is 0 Å². The van der Waals surface area contributed by atoms with Crippen LogP contribution in [-0.2, 0) is 4.79 Å². The maximum Gasteiger partial charge on any atom is 0.266 e. The lowest BCUT2D eigenvalue weighted by Gasteiger charge is -2.11. The van der Waals surface area contributed by atoms with E-state index >= 15 is 0 Å². The lowest BCUT2D eigenvalue weighted by atomic mass is 10.2. The van der Waals surface area contributed by atoms with Crippen molar-refractivity contribution in [1.29, 1.82) is 0 Å². The molecule has 3 heterocycles. The van der Waals surface area contributed by atoms with Crippen molar-refractivity contribution in [1.82, 2.24) is 9.88 Å². The number of amides is 1. The highest BCUT2D eigenvalue weighted by molar-refractivity contribution is 9.10. The molecule has 0 saturated carbocycles. The molecule has 5 nitrogen and oxygen atoms in total. The number of halogens is 1. The van der Waals surface area contributed by atoms with Gasteiger partial charge in [-0.2, -0.15) is 4.99 Å². The second-order valence-corrected chi connectivity index (χ2v) is 8.80. The summed E-state index contributed by atoms with van der Waals surface area (Å²) in [5.74, 6) is 1.33. The van der Waals surface area contributed by atoms with Crippen LogP contribution in [0.2, 0.25) is 0 Å². The number of aromatic nitrogens is 1. The number of aliphatic imine (C=N–C) groups is 1. The Labute approximate surface area is 179 Å². The third-order valence-corrected chi connectivity index (χ3v) is 6.42. The molecule has 0 N–H and O–H groups in total. The number of thiazole rings is 1. The number of rotatable bonds is 4. The normalized spacial score (nSPS) is 17.2. The zero-order chi connectivity index (χ0) is 19.7. The van der Waals surface area contributed by atoms with Gasteiger partial charge in [0.25, 0.3) is 5.91 Å². The maximum atomic E-state index is 12.8. The van der Waals surface area contributed by atoms with Crippen LogP contribution in [0.5, 0.6) is 0 Å². The second-order valence-electron chi connectivity index (χ2n) is 6.03. The highest BCUT2D eigenvalue weighted by Gasteiger charge is 2.32. The molecule has 0 unspecified atom stereocenters. The van der Waals surface area contributed by atoms with Crippen LogP contribution >= 0.6 is 39.0 Å². The number of carbonyl (C=O) groups is 1. The number of aryl methyl sites for hydroxylation is 1. The zero-order valence-corrected chi connectivity index (χ0v) is 18.4. The summed E-state index contributed by atoms with van der Waals surface area (Å²) in [6.45, 7) is 4.41. The van der Waals surface area contributed by atoms with Crippen LogP contribution < -0.4 is 0 Å². The summed E-state index contributed by atoms with van der Waals surface area (Å²) in [5, 5.41) is 3.25. The number of carbonyl (C=O) groups excluding carboxylic acids is 1. The molecule has 142 valence electrons. The third-order valence-electron chi connectivity index (χ3n) is 4.03. The summed E-state index contributed by atoms with van der Waals surface area (Å²) < 4.78 is 6.93. The fourth-order valence-electron chi connectivity index (χ4n) is 2.67. The number of furan rings is 1. The van der Waals surface area contributed by atoms with Crippen molar-refractivity contribution in [2.45, 2.75) is 13.8 Å². The van der Waals surface area contributed by atoms with Crippen molar-refractivity contribution >= 4 is 61.3 Å². The van der Waals surface area contributed by atoms with Crippen LogP contribution in [0.3, 0.4) is 0 Å². The molecule has 0 aliphatic carbocycles. The highest BCUT2D eigenvalue weighted by atomic mass is 79.9. The summed E-state index contributed by atoms with van der Waals surface area (Å²) in [5.41, 5.74) is 1.91. The quantitative estimate of drug-likeness (QED) is 0.429. The first kappa shape index (κ1) is 19.2. The SMILES string of the molecule is CCN1C(=O)/C(=C\c2ccc(-c3ccc(Br)cc3)o2)S/C1=N/c1nc(C)cs1. The maximum absolute atomic E-state index is 12.8. The van der Waals surface area contributed by atoms with E-state index in [1.54, 1.807) is 11.0 Å². The number of hydrogen-bond donors (Lipinski definition) is 0. The van der Waals surface area contributed by atoms with E-state index < -0.39 is 0 Å². The molecule has 1 aromatic carbocycles. The third kappa shape index (κ3) is 3.99. The minimum atomic E-state index is -0.0684. The molecular formula is C20H16BrN3O2S2. The monoisotopic (exact) mass is 473 g/mol. The average Bonchev–Trinajstić information content (AvgIpc) is 3.37. The van der Waals surface area contributed by atoms with Crippen molar-refractivity contribution < 1.29 is 9.21 Å². The number of amidine groups is 1. The van der Waals surface area contributed by atoms with E-state index in [4.69, 9.17) is 4.42 Å². The lowest BCUT2D eigenvalue weighted by Crippen LogP contribution is -2.28. The van der Waals surface area contributed by atoms with Gasteiger partial charge < -0.3 is 4.42 Å². The molecule has 0 spiro atoms. The summed E-state index contributed by atoms with van der Waals surface area (Å²) in [7, 11) is 0. The standard InChI is InChI=1S/C20H16BrN3O2S2/c1-3-24-18(25)17(28-20(24)23-19-22-12(2)11-27-19)10-15-8-9-16(26-15)13-4-6-14(21)7-5-13/h4-11H,3H2,1-2H3/b17-10+,23-20+. The highest BCUT2D eigenvalue weighted by Crippen LogP contribution is 2.35. The van der Waals surface area contributed by atoms with E-state index in [0.717, 1.165) is 21.5 Å². The number of nitrogens with zero attached hydrogens (tertiary/aromatic N) is 3. The average molecular weight is 474 g/mol. The van der Waals surface area contributed by atoms with Crippen LogP contribution in [0.1, 0.15) is 18.4 Å². The van der Waals surface area contributed by atoms with Crippen molar-refractivity contribution in [2.24, 2.45) is 4.99 Å². The lowest BCUT2D eigenvalue weighted by molar-refractivity contribution is -0.122. The largest absolute Gasteiger partial charge is 0.457 e. The molecule has 28 heavy (non-hydrogen) atoms. The van der Waals surface area contributed by atoms with Gasteiger partial charge in [-0.05, 0) is 49.9 Å². The van der Waals surface area contributed by atoms with Gasteiger partial charge in [0.1, 0.15) is 11.5 Å². The van der Waals surface area contributed by atoms with Crippen molar-refractivity contribution in [3.05, 3.63) is 62.6 Å². The van der Waals surface area contributed by atoms with Gasteiger partial charge in [-0.25, -0.2) is 4.98 Å². The van der Waals surface area contributed by atoms with Gasteiger partial charge in [-0.15, -0.1) is 11.3 Å².